The Labute approximate surface area is 184 Å². The number of nitrogens with zero attached hydrogens (tertiary/aromatic N) is 3. The third-order valence-electron chi connectivity index (χ3n) is 6.83. The Hall–Kier alpha value is -3.05. The number of rotatable bonds is 3. The van der Waals surface area contributed by atoms with E-state index in [9.17, 15) is 23.1 Å². The van der Waals surface area contributed by atoms with Gasteiger partial charge in [-0.25, -0.2) is 0 Å². The number of carbonyl (C=O) groups is 1. The van der Waals surface area contributed by atoms with E-state index in [1.807, 2.05) is 24.0 Å². The number of carbonyl (C=O) groups excluding carboxylic acids is 1. The molecule has 168 valence electrons. The van der Waals surface area contributed by atoms with Crippen molar-refractivity contribution in [2.75, 3.05) is 37.7 Å². The Balaban J connectivity index is 1.56. The van der Waals surface area contributed by atoms with Crippen molar-refractivity contribution >= 4 is 11.6 Å². The highest BCUT2D eigenvalue weighted by molar-refractivity contribution is 5.94. The number of fused-ring (bicyclic) bond motifs is 1. The van der Waals surface area contributed by atoms with Crippen LogP contribution in [0.2, 0.25) is 0 Å². The Morgan fingerprint density at radius 2 is 1.94 bits per heavy atom. The van der Waals surface area contributed by atoms with Gasteiger partial charge in [0.2, 0.25) is 0 Å². The van der Waals surface area contributed by atoms with Gasteiger partial charge in [0.1, 0.15) is 0 Å². The molecule has 2 heterocycles. The second-order valence-corrected chi connectivity index (χ2v) is 8.80. The summed E-state index contributed by atoms with van der Waals surface area (Å²) in [6.07, 6.45) is -4.05. The number of nitriles is 1. The van der Waals surface area contributed by atoms with E-state index in [4.69, 9.17) is 5.26 Å². The predicted octanol–water partition coefficient (Wildman–Crippen LogP) is 3.85. The molecule has 0 bridgehead atoms. The zero-order valence-electron chi connectivity index (χ0n) is 17.7. The van der Waals surface area contributed by atoms with Crippen LogP contribution in [0.15, 0.2) is 42.5 Å². The highest BCUT2D eigenvalue weighted by Crippen LogP contribution is 2.44. The van der Waals surface area contributed by atoms with Gasteiger partial charge in [-0.05, 0) is 43.7 Å². The van der Waals surface area contributed by atoms with Crippen LogP contribution in [0.4, 0.5) is 18.9 Å². The lowest BCUT2D eigenvalue weighted by molar-refractivity contribution is -0.137. The van der Waals surface area contributed by atoms with Crippen molar-refractivity contribution < 1.29 is 23.1 Å². The third-order valence-corrected chi connectivity index (χ3v) is 6.83. The molecule has 4 rings (SSSR count). The number of benzene rings is 2. The summed E-state index contributed by atoms with van der Waals surface area (Å²) in [5.41, 5.74) is 0.223. The molecule has 1 amide bonds. The SMILES string of the molecule is Cc1ccc(C(=O)N2C[C@H]3CN(c4ccc(C#N)c(C(F)(F)F)c4)CC[C@@]3(CO)C2)cc1. The van der Waals surface area contributed by atoms with Crippen LogP contribution in [-0.2, 0) is 6.18 Å². The first-order valence-corrected chi connectivity index (χ1v) is 10.5. The first kappa shape index (κ1) is 22.2. The maximum Gasteiger partial charge on any atom is 0.417 e. The fraction of sp³-hybridized carbons (Fsp3) is 0.417. The molecule has 2 aromatic rings. The highest BCUT2D eigenvalue weighted by Gasteiger charge is 2.50. The molecule has 2 saturated heterocycles. The van der Waals surface area contributed by atoms with E-state index >= 15 is 0 Å². The van der Waals surface area contributed by atoms with Crippen LogP contribution >= 0.6 is 0 Å². The minimum absolute atomic E-state index is 0.0689. The lowest BCUT2D eigenvalue weighted by Gasteiger charge is -2.43. The second-order valence-electron chi connectivity index (χ2n) is 8.80. The Morgan fingerprint density at radius 3 is 2.56 bits per heavy atom. The summed E-state index contributed by atoms with van der Waals surface area (Å²) < 4.78 is 40.2. The Kier molecular flexibility index (Phi) is 5.63. The lowest BCUT2D eigenvalue weighted by Crippen LogP contribution is -2.49. The average Bonchev–Trinajstić information content (AvgIpc) is 3.17. The van der Waals surface area contributed by atoms with Crippen LogP contribution in [0, 0.1) is 29.6 Å². The Morgan fingerprint density at radius 1 is 1.22 bits per heavy atom. The molecule has 2 fully saturated rings. The van der Waals surface area contributed by atoms with E-state index < -0.39 is 22.7 Å². The summed E-state index contributed by atoms with van der Waals surface area (Å²) in [5.74, 6) is -0.169. The van der Waals surface area contributed by atoms with Crippen LogP contribution in [0.25, 0.3) is 0 Å². The largest absolute Gasteiger partial charge is 0.417 e. The van der Waals surface area contributed by atoms with Crippen LogP contribution in [-0.4, -0.2) is 48.7 Å². The zero-order chi connectivity index (χ0) is 23.1. The fourth-order valence-corrected chi connectivity index (χ4v) is 4.87. The van der Waals surface area contributed by atoms with Gasteiger partial charge in [-0.15, -0.1) is 0 Å². The standard InChI is InChI=1S/C24H24F3N3O2/c1-16-2-4-17(5-3-16)22(32)30-13-19-12-29(9-8-23(19,14-30)15-31)20-7-6-18(11-28)21(10-20)24(25,26)27/h2-7,10,19,31H,8-9,12-15H2,1H3/t19-,23+/m1/s1. The number of hydrogen-bond acceptors (Lipinski definition) is 4. The molecule has 2 aliphatic rings. The Bertz CT molecular complexity index is 1060. The number of amides is 1. The summed E-state index contributed by atoms with van der Waals surface area (Å²) in [6, 6.07) is 12.7. The molecule has 2 aromatic carbocycles. The average molecular weight is 443 g/mol. The van der Waals surface area contributed by atoms with Crippen LogP contribution in [0.1, 0.15) is 33.5 Å². The van der Waals surface area contributed by atoms with E-state index in [1.54, 1.807) is 23.1 Å². The molecule has 0 unspecified atom stereocenters. The third kappa shape index (κ3) is 3.93. The number of alkyl halides is 3. The lowest BCUT2D eigenvalue weighted by atomic mass is 9.73. The molecule has 5 nitrogen and oxygen atoms in total. The number of likely N-dealkylation sites (tertiary alicyclic amines) is 1. The topological polar surface area (TPSA) is 67.6 Å². The smallest absolute Gasteiger partial charge is 0.396 e. The molecule has 2 aliphatic heterocycles. The van der Waals surface area contributed by atoms with Gasteiger partial charge in [0.15, 0.2) is 0 Å². The van der Waals surface area contributed by atoms with E-state index in [1.165, 1.54) is 12.1 Å². The predicted molar refractivity (Wildman–Crippen MR) is 113 cm³/mol. The molecule has 0 saturated carbocycles. The minimum atomic E-state index is -4.61. The number of aliphatic hydroxyl groups is 1. The van der Waals surface area contributed by atoms with Crippen molar-refractivity contribution in [3.8, 4) is 6.07 Å². The molecule has 1 N–H and O–H groups in total. The molecule has 0 aromatic heterocycles. The summed E-state index contributed by atoms with van der Waals surface area (Å²) in [7, 11) is 0. The summed E-state index contributed by atoms with van der Waals surface area (Å²) in [4.78, 5) is 16.6. The van der Waals surface area contributed by atoms with Crippen molar-refractivity contribution in [1.29, 1.82) is 5.26 Å². The number of halogens is 3. The normalized spacial score (nSPS) is 23.1. The van der Waals surface area contributed by atoms with Gasteiger partial charge in [0, 0.05) is 48.8 Å². The second kappa shape index (κ2) is 8.14. The number of aliphatic hydroxyl groups excluding tert-OH is 1. The number of piperidine rings is 1. The van der Waals surface area contributed by atoms with E-state index in [-0.39, 0.29) is 18.4 Å². The summed E-state index contributed by atoms with van der Waals surface area (Å²) in [6.45, 7) is 3.63. The quantitative estimate of drug-likeness (QED) is 0.783. The zero-order valence-corrected chi connectivity index (χ0v) is 17.7. The molecule has 0 spiro atoms. The molecule has 0 radical (unpaired) electrons. The number of aryl methyl sites for hydroxylation is 1. The summed E-state index contributed by atoms with van der Waals surface area (Å²) in [5, 5.41) is 19.2. The van der Waals surface area contributed by atoms with E-state index in [0.29, 0.717) is 43.9 Å². The maximum atomic E-state index is 13.4. The molecule has 32 heavy (non-hydrogen) atoms. The first-order chi connectivity index (χ1) is 15.2. The van der Waals surface area contributed by atoms with Gasteiger partial charge in [-0.2, -0.15) is 18.4 Å². The van der Waals surface area contributed by atoms with Crippen molar-refractivity contribution in [3.63, 3.8) is 0 Å². The molecule has 2 atom stereocenters. The first-order valence-electron chi connectivity index (χ1n) is 10.5. The molecule has 8 heteroatoms. The monoisotopic (exact) mass is 443 g/mol. The minimum Gasteiger partial charge on any atom is -0.396 e. The number of hydrogen-bond donors (Lipinski definition) is 1. The van der Waals surface area contributed by atoms with Crippen molar-refractivity contribution in [2.24, 2.45) is 11.3 Å². The van der Waals surface area contributed by atoms with E-state index in [2.05, 4.69) is 0 Å². The van der Waals surface area contributed by atoms with Gasteiger partial charge in [0.05, 0.1) is 23.8 Å². The molecular formula is C24H24F3N3O2. The van der Waals surface area contributed by atoms with Crippen molar-refractivity contribution in [1.82, 2.24) is 4.90 Å². The van der Waals surface area contributed by atoms with Crippen molar-refractivity contribution in [2.45, 2.75) is 19.5 Å². The van der Waals surface area contributed by atoms with Gasteiger partial charge < -0.3 is 14.9 Å². The van der Waals surface area contributed by atoms with Crippen LogP contribution in [0.3, 0.4) is 0 Å². The maximum absolute atomic E-state index is 13.4. The van der Waals surface area contributed by atoms with Gasteiger partial charge in [-0.3, -0.25) is 4.79 Å². The highest BCUT2D eigenvalue weighted by atomic mass is 19.4. The van der Waals surface area contributed by atoms with Crippen LogP contribution in [0.5, 0.6) is 0 Å². The molecular weight excluding hydrogens is 419 g/mol. The van der Waals surface area contributed by atoms with Crippen LogP contribution < -0.4 is 4.90 Å². The van der Waals surface area contributed by atoms with Gasteiger partial charge in [0.25, 0.3) is 5.91 Å². The van der Waals surface area contributed by atoms with Gasteiger partial charge >= 0.3 is 6.18 Å². The summed E-state index contributed by atoms with van der Waals surface area (Å²) >= 11 is 0. The number of anilines is 1. The fourth-order valence-electron chi connectivity index (χ4n) is 4.87. The molecule has 0 aliphatic carbocycles. The van der Waals surface area contributed by atoms with E-state index in [0.717, 1.165) is 11.6 Å². The van der Waals surface area contributed by atoms with Crippen molar-refractivity contribution in [3.05, 3.63) is 64.7 Å². The van der Waals surface area contributed by atoms with Gasteiger partial charge in [-0.1, -0.05) is 17.7 Å².